The molecule has 2 aliphatic rings. The fourth-order valence-corrected chi connectivity index (χ4v) is 2.50. The molecule has 6 nitrogen and oxygen atoms in total. The number of carbonyl (C=O) groups excluding carboxylic acids is 2. The van der Waals surface area contributed by atoms with E-state index in [1.54, 1.807) is 0 Å². The second-order valence-electron chi connectivity index (χ2n) is 4.94. The molecule has 0 N–H and O–H groups in total. The number of benzene rings is 1. The molecule has 27 heavy (non-hydrogen) atoms. The Hall–Kier alpha value is -2.76. The molecule has 1 aromatic carbocycles. The minimum absolute atomic E-state index is 0.106. The monoisotopic (exact) mass is 374 g/mol. The minimum atomic E-state index is -0.576. The summed E-state index contributed by atoms with van der Waals surface area (Å²) in [6, 6.07) is 3.76. The summed E-state index contributed by atoms with van der Waals surface area (Å²) < 4.78 is 0. The number of imide groups is 1. The van der Waals surface area contributed by atoms with Gasteiger partial charge in [-0.3, -0.25) is 24.6 Å². The van der Waals surface area contributed by atoms with Gasteiger partial charge in [0.15, 0.2) is 0 Å². The maximum Gasteiger partial charge on any atom is 0.270 e. The van der Waals surface area contributed by atoms with E-state index in [2.05, 4.69) is 0 Å². The van der Waals surface area contributed by atoms with Gasteiger partial charge in [0.1, 0.15) is 0 Å². The third-order valence-electron chi connectivity index (χ3n) is 3.58. The zero-order chi connectivity index (χ0) is 21.0. The van der Waals surface area contributed by atoms with Crippen molar-refractivity contribution >= 4 is 17.5 Å². The van der Waals surface area contributed by atoms with Crippen molar-refractivity contribution in [2.75, 3.05) is 6.54 Å². The Morgan fingerprint density at radius 1 is 0.963 bits per heavy atom. The Bertz CT molecular complexity index is 721. The molecule has 1 aromatic rings. The summed E-state index contributed by atoms with van der Waals surface area (Å²) in [5.41, 5.74) is 1.05. The number of hydrogen-bond donors (Lipinski definition) is 0. The van der Waals surface area contributed by atoms with E-state index in [-0.39, 0.29) is 23.4 Å². The van der Waals surface area contributed by atoms with E-state index < -0.39 is 16.7 Å². The van der Waals surface area contributed by atoms with Crippen LogP contribution in [0.2, 0.25) is 0 Å². The van der Waals surface area contributed by atoms with Crippen molar-refractivity contribution in [3.63, 3.8) is 0 Å². The molecule has 0 atom stereocenters. The van der Waals surface area contributed by atoms with Crippen LogP contribution in [-0.2, 0) is 0 Å². The van der Waals surface area contributed by atoms with Crippen LogP contribution in [0.5, 0.6) is 0 Å². The molecule has 0 bridgehead atoms. The minimum Gasteiger partial charge on any atom is -0.270 e. The molecule has 0 spiro atoms. The molecular weight excluding hydrogens is 344 g/mol. The lowest BCUT2D eigenvalue weighted by molar-refractivity contribution is -0.384. The number of carbonyl (C=O) groups is 2. The number of rotatable bonds is 3. The highest BCUT2D eigenvalue weighted by molar-refractivity contribution is 6.21. The summed E-state index contributed by atoms with van der Waals surface area (Å²) >= 11 is 0. The molecule has 0 unspecified atom stereocenters. The van der Waals surface area contributed by atoms with Crippen LogP contribution in [0.1, 0.15) is 75.1 Å². The zero-order valence-corrected chi connectivity index (χ0v) is 17.1. The molecule has 0 aromatic heterocycles. The molecule has 1 aliphatic carbocycles. The third-order valence-corrected chi connectivity index (χ3v) is 3.58. The van der Waals surface area contributed by atoms with Crippen molar-refractivity contribution in [3.8, 4) is 0 Å². The molecule has 0 saturated heterocycles. The maximum absolute atomic E-state index is 12.3. The van der Waals surface area contributed by atoms with Crippen LogP contribution in [0.15, 0.2) is 42.0 Å². The first kappa shape index (κ1) is 24.2. The lowest BCUT2D eigenvalue weighted by Crippen LogP contribution is -2.31. The van der Waals surface area contributed by atoms with Crippen LogP contribution in [0.4, 0.5) is 5.69 Å². The van der Waals surface area contributed by atoms with E-state index in [0.717, 1.165) is 23.3 Å². The number of nitro benzene ring substituents is 1. The normalized spacial score (nSPS) is 13.9. The number of fused-ring (bicyclic) bond motifs is 1. The van der Waals surface area contributed by atoms with Crippen LogP contribution in [0.25, 0.3) is 0 Å². The third kappa shape index (κ3) is 5.88. The highest BCUT2D eigenvalue weighted by Gasteiger charge is 2.36. The predicted octanol–water partition coefficient (Wildman–Crippen LogP) is 5.55. The molecule has 1 aliphatic heterocycles. The van der Waals surface area contributed by atoms with E-state index >= 15 is 0 Å². The van der Waals surface area contributed by atoms with Gasteiger partial charge in [0, 0.05) is 12.1 Å². The van der Waals surface area contributed by atoms with Gasteiger partial charge in [-0.15, -0.1) is 0 Å². The summed E-state index contributed by atoms with van der Waals surface area (Å²) in [6.07, 6.45) is 7.73. The Labute approximate surface area is 161 Å². The van der Waals surface area contributed by atoms with Crippen molar-refractivity contribution in [2.24, 2.45) is 0 Å². The standard InChI is InChI=1S/C15H12N2O4.3C2H6/c18-14-12-7-6-11(17(20)21)8-13(12)15(19)16(14)9-10-4-2-1-3-5-10;3*1-2/h2,4-8H,1,3,9H2;3*1-2H3. The van der Waals surface area contributed by atoms with Gasteiger partial charge in [-0.05, 0) is 24.5 Å². The first-order chi connectivity index (χ1) is 13.1. The SMILES string of the molecule is CC.CC.CC.O=C1c2ccc([N+](=O)[O-])cc2C(=O)N1CC1=CCCC=C1. The molecule has 0 fully saturated rings. The molecule has 0 radical (unpaired) electrons. The second-order valence-corrected chi connectivity index (χ2v) is 4.94. The van der Waals surface area contributed by atoms with Crippen molar-refractivity contribution in [3.05, 3.63) is 63.2 Å². The van der Waals surface area contributed by atoms with Gasteiger partial charge < -0.3 is 0 Å². The largest absolute Gasteiger partial charge is 0.270 e. The topological polar surface area (TPSA) is 80.5 Å². The number of nitrogens with zero attached hydrogens (tertiary/aromatic N) is 2. The average molecular weight is 374 g/mol. The molecule has 1 heterocycles. The van der Waals surface area contributed by atoms with E-state index in [1.165, 1.54) is 18.2 Å². The Balaban J connectivity index is 0.00000103. The van der Waals surface area contributed by atoms with Crippen LogP contribution in [0.3, 0.4) is 0 Å². The molecule has 6 heteroatoms. The van der Waals surface area contributed by atoms with Crippen LogP contribution in [-0.4, -0.2) is 28.2 Å². The fraction of sp³-hybridized carbons (Fsp3) is 0.429. The highest BCUT2D eigenvalue weighted by Crippen LogP contribution is 2.27. The average Bonchev–Trinajstić information content (AvgIpc) is 2.97. The van der Waals surface area contributed by atoms with E-state index in [9.17, 15) is 19.7 Å². The van der Waals surface area contributed by atoms with Gasteiger partial charge in [0.2, 0.25) is 0 Å². The van der Waals surface area contributed by atoms with E-state index in [0.29, 0.717) is 0 Å². The van der Waals surface area contributed by atoms with Crippen LogP contribution in [0, 0.1) is 10.1 Å². The molecule has 0 saturated carbocycles. The van der Waals surface area contributed by atoms with E-state index in [4.69, 9.17) is 0 Å². The first-order valence-corrected chi connectivity index (χ1v) is 9.58. The Kier molecular flexibility index (Phi) is 11.3. The summed E-state index contributed by atoms with van der Waals surface area (Å²) in [4.78, 5) is 35.9. The first-order valence-electron chi connectivity index (χ1n) is 9.58. The predicted molar refractivity (Wildman–Crippen MR) is 109 cm³/mol. The highest BCUT2D eigenvalue weighted by atomic mass is 16.6. The summed E-state index contributed by atoms with van der Waals surface area (Å²) in [6.45, 7) is 12.2. The van der Waals surface area contributed by atoms with Crippen molar-refractivity contribution in [2.45, 2.75) is 54.4 Å². The van der Waals surface area contributed by atoms with Gasteiger partial charge in [0.05, 0.1) is 22.6 Å². The second kappa shape index (κ2) is 12.6. The molecular formula is C21H30N2O4. The number of nitro groups is 1. The number of non-ortho nitro benzene ring substituents is 1. The zero-order valence-electron chi connectivity index (χ0n) is 17.1. The van der Waals surface area contributed by atoms with Crippen LogP contribution < -0.4 is 0 Å². The lowest BCUT2D eigenvalue weighted by Gasteiger charge is -2.15. The van der Waals surface area contributed by atoms with E-state index in [1.807, 2.05) is 59.8 Å². The summed E-state index contributed by atoms with van der Waals surface area (Å²) in [5, 5.41) is 10.8. The quantitative estimate of drug-likeness (QED) is 0.395. The molecule has 2 amide bonds. The Morgan fingerprint density at radius 3 is 2.07 bits per heavy atom. The molecule has 3 rings (SSSR count). The van der Waals surface area contributed by atoms with Gasteiger partial charge in [-0.1, -0.05) is 59.8 Å². The van der Waals surface area contributed by atoms with Crippen LogP contribution >= 0.6 is 0 Å². The lowest BCUT2D eigenvalue weighted by atomic mass is 10.1. The van der Waals surface area contributed by atoms with Crippen molar-refractivity contribution < 1.29 is 14.5 Å². The summed E-state index contributed by atoms with van der Waals surface area (Å²) in [7, 11) is 0. The van der Waals surface area contributed by atoms with Gasteiger partial charge in [0.25, 0.3) is 17.5 Å². The van der Waals surface area contributed by atoms with Gasteiger partial charge in [-0.2, -0.15) is 0 Å². The number of amides is 2. The fourth-order valence-electron chi connectivity index (χ4n) is 2.50. The number of hydrogen-bond acceptors (Lipinski definition) is 4. The molecule has 148 valence electrons. The van der Waals surface area contributed by atoms with Crippen molar-refractivity contribution in [1.82, 2.24) is 4.90 Å². The number of allylic oxidation sites excluding steroid dienone is 2. The van der Waals surface area contributed by atoms with Gasteiger partial charge >= 0.3 is 0 Å². The Morgan fingerprint density at radius 2 is 1.56 bits per heavy atom. The van der Waals surface area contributed by atoms with Gasteiger partial charge in [-0.25, -0.2) is 0 Å². The van der Waals surface area contributed by atoms with Crippen molar-refractivity contribution in [1.29, 1.82) is 0 Å². The summed E-state index contributed by atoms with van der Waals surface area (Å²) in [5.74, 6) is -0.872. The smallest absolute Gasteiger partial charge is 0.270 e. The maximum atomic E-state index is 12.3.